The molecule has 4 aromatic rings. The number of hydrogen-bond acceptors (Lipinski definition) is 6. The van der Waals surface area contributed by atoms with Gasteiger partial charge in [-0.15, -0.1) is 21.5 Å². The summed E-state index contributed by atoms with van der Waals surface area (Å²) >= 11 is 1.62. The molecular formula is C24H21N5O3S. The van der Waals surface area contributed by atoms with Crippen LogP contribution in [0.2, 0.25) is 0 Å². The van der Waals surface area contributed by atoms with Gasteiger partial charge in [0.2, 0.25) is 0 Å². The maximum atomic E-state index is 11.5. The van der Waals surface area contributed by atoms with Crippen molar-refractivity contribution in [3.05, 3.63) is 81.7 Å². The van der Waals surface area contributed by atoms with E-state index in [2.05, 4.69) is 29.4 Å². The number of nitrogens with zero attached hydrogens (tertiary/aromatic N) is 4. The summed E-state index contributed by atoms with van der Waals surface area (Å²) in [6, 6.07) is 15.0. The minimum Gasteiger partial charge on any atom is -0.508 e. The summed E-state index contributed by atoms with van der Waals surface area (Å²) in [4.78, 5) is 17.5. The average Bonchev–Trinajstić information content (AvgIpc) is 3.26. The maximum absolute atomic E-state index is 11.5. The second kappa shape index (κ2) is 7.86. The van der Waals surface area contributed by atoms with Crippen molar-refractivity contribution in [2.24, 2.45) is 4.99 Å². The van der Waals surface area contributed by atoms with Crippen LogP contribution in [0.5, 0.6) is 5.75 Å². The smallest absolute Gasteiger partial charge is 0.406 e. The standard InChI is InChI=1S/C24H21N5O3S/c1-12-13(2)33-23-19(12)20(25-21(26-24(31)32)22-28-27-14(3)29(22)23)17-6-4-15(5-7-17)16-8-10-18(30)11-9-16/h4-11,21,26,30H,1-3H3,(H,31,32). The monoisotopic (exact) mass is 459 g/mol. The molecule has 33 heavy (non-hydrogen) atoms. The summed E-state index contributed by atoms with van der Waals surface area (Å²) in [6.07, 6.45) is -2.08. The third-order valence-electron chi connectivity index (χ3n) is 5.78. The predicted molar refractivity (Wildman–Crippen MR) is 127 cm³/mol. The lowest BCUT2D eigenvalue weighted by atomic mass is 9.97. The zero-order chi connectivity index (χ0) is 23.3. The number of nitrogens with one attached hydrogen (secondary N) is 1. The minimum atomic E-state index is -1.18. The molecule has 1 aliphatic heterocycles. The number of aromatic hydroxyl groups is 1. The van der Waals surface area contributed by atoms with Crippen molar-refractivity contribution in [2.75, 3.05) is 0 Å². The topological polar surface area (TPSA) is 113 Å². The summed E-state index contributed by atoms with van der Waals surface area (Å²) in [6.45, 7) is 5.96. The molecule has 3 heterocycles. The molecule has 3 N–H and O–H groups in total. The quantitative estimate of drug-likeness (QED) is 0.409. The zero-order valence-corrected chi connectivity index (χ0v) is 19.0. The van der Waals surface area contributed by atoms with Gasteiger partial charge in [0.25, 0.3) is 0 Å². The first kappa shape index (κ1) is 20.9. The fraction of sp³-hybridized carbons (Fsp3) is 0.167. The van der Waals surface area contributed by atoms with E-state index in [9.17, 15) is 15.0 Å². The van der Waals surface area contributed by atoms with Gasteiger partial charge in [-0.25, -0.2) is 4.79 Å². The maximum Gasteiger partial charge on any atom is 0.406 e. The highest BCUT2D eigenvalue weighted by molar-refractivity contribution is 7.15. The van der Waals surface area contributed by atoms with Crippen molar-refractivity contribution < 1.29 is 15.0 Å². The number of carboxylic acid groups (broad SMARTS) is 1. The van der Waals surface area contributed by atoms with Crippen LogP contribution in [0.25, 0.3) is 16.1 Å². The summed E-state index contributed by atoms with van der Waals surface area (Å²) in [5, 5.41) is 30.8. The van der Waals surface area contributed by atoms with E-state index in [-0.39, 0.29) is 5.75 Å². The third-order valence-corrected chi connectivity index (χ3v) is 6.97. The first-order valence-electron chi connectivity index (χ1n) is 10.3. The molecule has 5 rings (SSSR count). The Morgan fingerprint density at radius 2 is 1.58 bits per heavy atom. The fourth-order valence-corrected chi connectivity index (χ4v) is 5.22. The van der Waals surface area contributed by atoms with Gasteiger partial charge < -0.3 is 10.2 Å². The highest BCUT2D eigenvalue weighted by Crippen LogP contribution is 2.38. The number of hydrogen-bond donors (Lipinski definition) is 3. The van der Waals surface area contributed by atoms with Crippen molar-refractivity contribution in [3.8, 4) is 21.9 Å². The summed E-state index contributed by atoms with van der Waals surface area (Å²) < 4.78 is 1.89. The van der Waals surface area contributed by atoms with Crippen LogP contribution in [-0.4, -0.2) is 36.8 Å². The van der Waals surface area contributed by atoms with Crippen molar-refractivity contribution in [2.45, 2.75) is 26.9 Å². The molecule has 8 nitrogen and oxygen atoms in total. The van der Waals surface area contributed by atoms with Gasteiger partial charge in [0.1, 0.15) is 16.6 Å². The molecule has 2 aromatic carbocycles. The average molecular weight is 460 g/mol. The zero-order valence-electron chi connectivity index (χ0n) is 18.2. The number of thiophene rings is 1. The third kappa shape index (κ3) is 3.56. The number of aromatic nitrogens is 3. The number of aliphatic imine (C=N–C) groups is 1. The van der Waals surface area contributed by atoms with Crippen LogP contribution in [0.3, 0.4) is 0 Å². The Morgan fingerprint density at radius 1 is 0.970 bits per heavy atom. The van der Waals surface area contributed by atoms with Crippen LogP contribution in [-0.2, 0) is 0 Å². The Hall–Kier alpha value is -3.98. The van der Waals surface area contributed by atoms with E-state index < -0.39 is 12.3 Å². The van der Waals surface area contributed by atoms with Gasteiger partial charge in [0.05, 0.1) is 5.71 Å². The molecule has 1 unspecified atom stereocenters. The summed E-state index contributed by atoms with van der Waals surface area (Å²) in [7, 11) is 0. The molecular weight excluding hydrogens is 438 g/mol. The molecule has 1 amide bonds. The number of phenols is 1. The van der Waals surface area contributed by atoms with E-state index in [0.717, 1.165) is 37.7 Å². The number of carbonyl (C=O) groups is 1. The molecule has 0 spiro atoms. The van der Waals surface area contributed by atoms with Crippen LogP contribution in [0.1, 0.15) is 39.4 Å². The van der Waals surface area contributed by atoms with Crippen molar-refractivity contribution >= 4 is 23.1 Å². The molecule has 166 valence electrons. The van der Waals surface area contributed by atoms with E-state index in [4.69, 9.17) is 4.99 Å². The molecule has 0 saturated heterocycles. The van der Waals surface area contributed by atoms with E-state index in [0.29, 0.717) is 17.4 Å². The second-order valence-corrected chi connectivity index (χ2v) is 9.06. The van der Waals surface area contributed by atoms with Crippen LogP contribution in [0.15, 0.2) is 53.5 Å². The number of fused-ring (bicyclic) bond motifs is 3. The SMILES string of the molecule is Cc1sc2c(c1C)C(c1ccc(-c3ccc(O)cc3)cc1)=NC(NC(=O)O)c1nnc(C)n1-2. The number of amides is 1. The molecule has 2 aromatic heterocycles. The molecule has 0 fully saturated rings. The Kier molecular flexibility index (Phi) is 4.98. The molecule has 0 bridgehead atoms. The summed E-state index contributed by atoms with van der Waals surface area (Å²) in [5.74, 6) is 1.33. The van der Waals surface area contributed by atoms with Gasteiger partial charge in [0.15, 0.2) is 12.0 Å². The molecule has 1 atom stereocenters. The Morgan fingerprint density at radius 3 is 2.21 bits per heavy atom. The van der Waals surface area contributed by atoms with Gasteiger partial charge in [-0.1, -0.05) is 36.4 Å². The molecule has 1 aliphatic rings. The van der Waals surface area contributed by atoms with Gasteiger partial charge in [-0.3, -0.25) is 14.9 Å². The van der Waals surface area contributed by atoms with Gasteiger partial charge in [0, 0.05) is 16.0 Å². The van der Waals surface area contributed by atoms with Crippen LogP contribution < -0.4 is 5.32 Å². The molecule has 0 aliphatic carbocycles. The first-order valence-corrected chi connectivity index (χ1v) is 11.1. The van der Waals surface area contributed by atoms with Gasteiger partial charge in [-0.05, 0) is 49.6 Å². The van der Waals surface area contributed by atoms with Crippen molar-refractivity contribution in [1.29, 1.82) is 0 Å². The number of rotatable bonds is 3. The lowest BCUT2D eigenvalue weighted by molar-refractivity contribution is 0.189. The van der Waals surface area contributed by atoms with E-state index in [1.807, 2.05) is 47.9 Å². The number of phenolic OH excluding ortho intramolecular Hbond substituents is 1. The first-order chi connectivity index (χ1) is 15.8. The van der Waals surface area contributed by atoms with Gasteiger partial charge >= 0.3 is 6.09 Å². The van der Waals surface area contributed by atoms with E-state index in [1.165, 1.54) is 0 Å². The Balaban J connectivity index is 1.68. The lowest BCUT2D eigenvalue weighted by Gasteiger charge is -2.12. The van der Waals surface area contributed by atoms with Crippen LogP contribution in [0, 0.1) is 20.8 Å². The molecule has 0 radical (unpaired) electrons. The normalized spacial score (nSPS) is 14.8. The van der Waals surface area contributed by atoms with Crippen molar-refractivity contribution in [1.82, 2.24) is 20.1 Å². The van der Waals surface area contributed by atoms with Crippen molar-refractivity contribution in [3.63, 3.8) is 0 Å². The van der Waals surface area contributed by atoms with Crippen LogP contribution >= 0.6 is 11.3 Å². The highest BCUT2D eigenvalue weighted by Gasteiger charge is 2.32. The Labute approximate surface area is 193 Å². The van der Waals surface area contributed by atoms with E-state index >= 15 is 0 Å². The van der Waals surface area contributed by atoms with E-state index in [1.54, 1.807) is 23.5 Å². The highest BCUT2D eigenvalue weighted by atomic mass is 32.1. The molecule has 0 saturated carbocycles. The summed E-state index contributed by atoms with van der Waals surface area (Å²) in [5.41, 5.74) is 5.60. The lowest BCUT2D eigenvalue weighted by Crippen LogP contribution is -2.27. The van der Waals surface area contributed by atoms with Crippen LogP contribution in [0.4, 0.5) is 4.79 Å². The Bertz CT molecular complexity index is 1400. The molecule has 9 heteroatoms. The largest absolute Gasteiger partial charge is 0.508 e. The number of aryl methyl sites for hydroxylation is 2. The van der Waals surface area contributed by atoms with Gasteiger partial charge in [-0.2, -0.15) is 0 Å². The predicted octanol–water partition coefficient (Wildman–Crippen LogP) is 4.74. The second-order valence-electron chi connectivity index (χ2n) is 7.86. The number of benzene rings is 2. The minimum absolute atomic E-state index is 0.221. The fourth-order valence-electron chi connectivity index (χ4n) is 4.01.